The molecule has 0 spiro atoms. The predicted molar refractivity (Wildman–Crippen MR) is 250 cm³/mol. The number of allylic oxidation sites excluding steroid dienone is 1. The predicted octanol–water partition coefficient (Wildman–Crippen LogP) is -3.01. The van der Waals surface area contributed by atoms with Crippen LogP contribution >= 0.6 is 0 Å². The summed E-state index contributed by atoms with van der Waals surface area (Å²) in [5.41, 5.74) is -1.80. The Morgan fingerprint density at radius 1 is 0.608 bits per heavy atom. The highest BCUT2D eigenvalue weighted by atomic mass is 16.8. The van der Waals surface area contributed by atoms with Gasteiger partial charge in [0.05, 0.1) is 44.2 Å². The van der Waals surface area contributed by atoms with Gasteiger partial charge in [0.15, 0.2) is 25.2 Å². The lowest BCUT2D eigenvalue weighted by molar-refractivity contribution is -0.391. The van der Waals surface area contributed by atoms with Gasteiger partial charge in [-0.15, -0.1) is 0 Å². The second-order valence-electron chi connectivity index (χ2n) is 24.1. The Hall–Kier alpha value is -1.34. The highest BCUT2D eigenvalue weighted by Gasteiger charge is 2.70. The molecule has 5 heterocycles. The molecule has 0 aromatic heterocycles. The van der Waals surface area contributed by atoms with Crippen LogP contribution in [0.25, 0.3) is 0 Å². The normalized spacial score (nSPS) is 56.5. The van der Waals surface area contributed by atoms with Crippen molar-refractivity contribution < 1.29 is 114 Å². The molecule has 0 aromatic carbocycles. The van der Waals surface area contributed by atoms with Crippen LogP contribution in [0, 0.1) is 46.3 Å². The third kappa shape index (κ3) is 10.1. The van der Waals surface area contributed by atoms with Crippen LogP contribution < -0.4 is 0 Å². The van der Waals surface area contributed by atoms with Gasteiger partial charge < -0.3 is 114 Å². The van der Waals surface area contributed by atoms with Gasteiger partial charge in [-0.1, -0.05) is 20.8 Å². The monoisotopic (exact) mass is 1060 g/mol. The minimum absolute atomic E-state index is 0.0928. The number of aliphatic hydroxyl groups is 14. The third-order valence-electron chi connectivity index (χ3n) is 19.5. The summed E-state index contributed by atoms with van der Waals surface area (Å²) in [5.74, 6) is 1.12. The smallest absolute Gasteiger partial charge is 0.187 e. The molecule has 23 heteroatoms. The van der Waals surface area contributed by atoms with E-state index < -0.39 is 154 Å². The maximum atomic E-state index is 12.4. The maximum Gasteiger partial charge on any atom is 0.187 e. The van der Waals surface area contributed by atoms with Crippen LogP contribution in [0.1, 0.15) is 92.9 Å². The number of fused-ring (bicyclic) bond motifs is 7. The average Bonchev–Trinajstić information content (AvgIpc) is 3.82. The van der Waals surface area contributed by atoms with E-state index in [1.165, 1.54) is 13.8 Å². The van der Waals surface area contributed by atoms with Crippen molar-refractivity contribution in [1.82, 2.24) is 0 Å². The van der Waals surface area contributed by atoms with Crippen LogP contribution in [-0.4, -0.2) is 238 Å². The van der Waals surface area contributed by atoms with E-state index in [9.17, 15) is 71.5 Å². The van der Waals surface area contributed by atoms with Crippen LogP contribution in [0.15, 0.2) is 11.8 Å². The summed E-state index contributed by atoms with van der Waals surface area (Å²) in [5, 5.41) is 151. The standard InChI is InChI=1S/C51H84O23/c1-19(18-66-45-38(61)37(60)34(57)29(16-52)71-45)7-10-31-51(6,65)44-28(69-31)14-25-23-9-8-22-13-27(26(54)15-50(22,5)24(23)11-12-49(25,44)4)70-48-43(74-47-40(63)36(59)33(56)21(3)68-47)41(64)42(30(17-53)72-48)73-46-39(62)35(58)32(55)20(2)67-46/h10,19-30,32-48,52-65H,7-9,11-18H2,1-6H3/b31-10-/t19-,20-,21-,22-,23+,24-,25-,26+,27+,28-,29+,30+,32-,33-,34+,35+,36+,37-,38+,39+,40+,41-,42+,43+,44-,45+,46-,47-,48+,49-,50-,51-/m0/s1. The largest absolute Gasteiger partial charge is 0.492 e. The zero-order valence-electron chi connectivity index (χ0n) is 43.0. The van der Waals surface area contributed by atoms with Gasteiger partial charge in [0.25, 0.3) is 0 Å². The molecule has 0 amide bonds. The Balaban J connectivity index is 0.858. The lowest BCUT2D eigenvalue weighted by atomic mass is 9.44. The number of ether oxygens (including phenoxy) is 9. The molecule has 5 aliphatic heterocycles. The highest BCUT2D eigenvalue weighted by Crippen LogP contribution is 2.71. The Morgan fingerprint density at radius 3 is 1.81 bits per heavy atom. The van der Waals surface area contributed by atoms with Crippen molar-refractivity contribution in [2.24, 2.45) is 46.3 Å². The molecule has 0 bridgehead atoms. The average molecular weight is 1070 g/mol. The summed E-state index contributed by atoms with van der Waals surface area (Å²) < 4.78 is 54.3. The van der Waals surface area contributed by atoms with Crippen LogP contribution in [0.3, 0.4) is 0 Å². The Kier molecular flexibility index (Phi) is 17.0. The van der Waals surface area contributed by atoms with Crippen molar-refractivity contribution in [3.63, 3.8) is 0 Å². The molecule has 0 radical (unpaired) electrons. The van der Waals surface area contributed by atoms with E-state index in [4.69, 9.17) is 42.6 Å². The molecule has 32 atom stereocenters. The summed E-state index contributed by atoms with van der Waals surface area (Å²) in [6, 6.07) is 0. The zero-order chi connectivity index (χ0) is 53.7. The van der Waals surface area contributed by atoms with E-state index in [1.807, 2.05) is 19.9 Å². The Labute approximate surface area is 430 Å². The number of rotatable bonds is 13. The highest BCUT2D eigenvalue weighted by molar-refractivity contribution is 5.26. The second-order valence-corrected chi connectivity index (χ2v) is 24.1. The SMILES string of the molecule is C[C@@H](C/C=C1\O[C@H]2C[C@H]3[C@@H]4CC[C@H]5C[C@@H](O[C@@H]6O[C@H](CO)[C@@H](O[C@@H]7O[C@@H](C)[C@H](O)[C@@H](O)[C@H]7O)[C@H](O)[C@H]6O[C@@H]6O[C@@H](C)[C@H](O)[C@@H](O)[C@H]6O)[C@H](O)C[C@]5(C)[C@H]4CC[C@]3(C)[C@H]2[C@@]1(C)O)CO[C@@H]1O[C@H](CO)[C@@H](O)[C@H](O)[C@H]1O. The Morgan fingerprint density at radius 2 is 1.19 bits per heavy atom. The summed E-state index contributed by atoms with van der Waals surface area (Å²) in [4.78, 5) is 0. The number of hydrogen-bond acceptors (Lipinski definition) is 23. The van der Waals surface area contributed by atoms with E-state index in [2.05, 4.69) is 13.8 Å². The summed E-state index contributed by atoms with van der Waals surface area (Å²) in [6.07, 6.45) is -24.5. The first-order valence-corrected chi connectivity index (χ1v) is 26.9. The molecule has 23 nitrogen and oxygen atoms in total. The van der Waals surface area contributed by atoms with Crippen molar-refractivity contribution in [3.8, 4) is 0 Å². The van der Waals surface area contributed by atoms with Gasteiger partial charge in [0.2, 0.25) is 0 Å². The van der Waals surface area contributed by atoms with E-state index in [-0.39, 0.29) is 53.1 Å². The topological polar surface area (TPSA) is 366 Å². The summed E-state index contributed by atoms with van der Waals surface area (Å²) in [7, 11) is 0. The van der Waals surface area contributed by atoms with Crippen LogP contribution in [0.2, 0.25) is 0 Å². The molecular formula is C51H84O23. The van der Waals surface area contributed by atoms with Gasteiger partial charge in [0, 0.05) is 5.92 Å². The van der Waals surface area contributed by atoms with Crippen molar-refractivity contribution >= 4 is 0 Å². The van der Waals surface area contributed by atoms with Gasteiger partial charge in [-0.2, -0.15) is 0 Å². The molecule has 426 valence electrons. The maximum absolute atomic E-state index is 12.4. The van der Waals surface area contributed by atoms with E-state index in [0.29, 0.717) is 30.9 Å². The molecule has 9 rings (SSSR count). The summed E-state index contributed by atoms with van der Waals surface area (Å²) >= 11 is 0. The molecule has 0 aromatic rings. The van der Waals surface area contributed by atoms with Crippen molar-refractivity contribution in [2.45, 2.75) is 240 Å². The van der Waals surface area contributed by atoms with Crippen LogP contribution in [-0.2, 0) is 42.6 Å². The van der Waals surface area contributed by atoms with Gasteiger partial charge in [-0.25, -0.2) is 0 Å². The van der Waals surface area contributed by atoms with Gasteiger partial charge in [0.1, 0.15) is 103 Å². The zero-order valence-corrected chi connectivity index (χ0v) is 43.0. The lowest BCUT2D eigenvalue weighted by Crippen LogP contribution is -2.67. The number of hydrogen-bond donors (Lipinski definition) is 14. The van der Waals surface area contributed by atoms with E-state index in [0.717, 1.165) is 32.1 Å². The minimum atomic E-state index is -1.80. The molecule has 4 saturated carbocycles. The van der Waals surface area contributed by atoms with Crippen molar-refractivity contribution in [3.05, 3.63) is 11.8 Å². The van der Waals surface area contributed by atoms with Gasteiger partial charge in [-0.3, -0.25) is 0 Å². The Bertz CT molecular complexity index is 1930. The lowest BCUT2D eigenvalue weighted by Gasteiger charge is -2.62. The van der Waals surface area contributed by atoms with Crippen molar-refractivity contribution in [2.75, 3.05) is 19.8 Å². The third-order valence-corrected chi connectivity index (χ3v) is 19.5. The van der Waals surface area contributed by atoms with E-state index >= 15 is 0 Å². The fourth-order valence-corrected chi connectivity index (χ4v) is 15.2. The molecule has 9 aliphatic rings. The molecule has 5 saturated heterocycles. The molecular weight excluding hydrogens is 981 g/mol. The first kappa shape index (κ1) is 57.3. The fraction of sp³-hybridized carbons (Fsp3) is 0.961. The molecule has 14 N–H and O–H groups in total. The second kappa shape index (κ2) is 22.0. The summed E-state index contributed by atoms with van der Waals surface area (Å²) in [6.45, 7) is 10.0. The molecule has 4 aliphatic carbocycles. The quantitative estimate of drug-likeness (QED) is 0.0817. The number of aliphatic hydroxyl groups excluding tert-OH is 13. The van der Waals surface area contributed by atoms with Gasteiger partial charge in [-0.05, 0) is 119 Å². The molecule has 9 fully saturated rings. The first-order valence-electron chi connectivity index (χ1n) is 26.9. The van der Waals surface area contributed by atoms with Crippen LogP contribution in [0.4, 0.5) is 0 Å². The molecule has 0 unspecified atom stereocenters. The van der Waals surface area contributed by atoms with E-state index in [1.54, 1.807) is 0 Å². The van der Waals surface area contributed by atoms with Crippen molar-refractivity contribution in [1.29, 1.82) is 0 Å². The fourth-order valence-electron chi connectivity index (χ4n) is 15.2. The van der Waals surface area contributed by atoms with Crippen LogP contribution in [0.5, 0.6) is 0 Å². The molecule has 74 heavy (non-hydrogen) atoms. The minimum Gasteiger partial charge on any atom is -0.492 e. The first-order chi connectivity index (χ1) is 34.9. The van der Waals surface area contributed by atoms with Gasteiger partial charge >= 0.3 is 0 Å².